The smallest absolute Gasteiger partial charge is 0.0556 e. The van der Waals surface area contributed by atoms with Crippen molar-refractivity contribution in [2.45, 2.75) is 31.3 Å². The molecule has 2 nitrogen and oxygen atoms in total. The summed E-state index contributed by atoms with van der Waals surface area (Å²) in [5.41, 5.74) is 1.30. The molecule has 0 aliphatic rings. The van der Waals surface area contributed by atoms with Gasteiger partial charge in [0.25, 0.3) is 0 Å². The lowest BCUT2D eigenvalue weighted by Crippen LogP contribution is -2.22. The van der Waals surface area contributed by atoms with Gasteiger partial charge in [0, 0.05) is 35.4 Å². The van der Waals surface area contributed by atoms with Gasteiger partial charge in [0.2, 0.25) is 0 Å². The van der Waals surface area contributed by atoms with Crippen molar-refractivity contribution >= 4 is 23.4 Å². The molecule has 96 valence electrons. The Morgan fingerprint density at radius 1 is 1.41 bits per heavy atom. The van der Waals surface area contributed by atoms with Crippen LogP contribution in [0.5, 0.6) is 0 Å². The van der Waals surface area contributed by atoms with E-state index in [0.29, 0.717) is 6.04 Å². The first kappa shape index (κ1) is 14.8. The molecule has 0 saturated heterocycles. The summed E-state index contributed by atoms with van der Waals surface area (Å²) in [4.78, 5) is 1.24. The zero-order valence-electron chi connectivity index (χ0n) is 10.6. The SMILES string of the molecule is COCCSc1cc(Cl)ccc1CNC(C)C. The molecular weight excluding hydrogens is 254 g/mol. The standard InChI is InChI=1S/C13H20ClNOS/c1-10(2)15-9-11-4-5-12(14)8-13(11)17-7-6-16-3/h4-5,8,10,15H,6-7,9H2,1-3H3. The fourth-order valence-corrected chi connectivity index (χ4v) is 2.60. The predicted molar refractivity (Wildman–Crippen MR) is 76.0 cm³/mol. The van der Waals surface area contributed by atoms with Gasteiger partial charge in [-0.3, -0.25) is 0 Å². The van der Waals surface area contributed by atoms with Crippen LogP contribution in [0.4, 0.5) is 0 Å². The van der Waals surface area contributed by atoms with Crippen LogP contribution in [-0.4, -0.2) is 25.5 Å². The highest BCUT2D eigenvalue weighted by Crippen LogP contribution is 2.26. The van der Waals surface area contributed by atoms with Crippen molar-refractivity contribution in [3.05, 3.63) is 28.8 Å². The predicted octanol–water partition coefficient (Wildman–Crippen LogP) is 3.58. The Balaban J connectivity index is 2.66. The number of rotatable bonds is 7. The van der Waals surface area contributed by atoms with Crippen LogP contribution in [0.2, 0.25) is 5.02 Å². The lowest BCUT2D eigenvalue weighted by molar-refractivity contribution is 0.218. The van der Waals surface area contributed by atoms with Gasteiger partial charge in [-0.2, -0.15) is 0 Å². The van der Waals surface area contributed by atoms with E-state index in [-0.39, 0.29) is 0 Å². The summed E-state index contributed by atoms with van der Waals surface area (Å²) in [5, 5.41) is 4.21. The van der Waals surface area contributed by atoms with Gasteiger partial charge in [-0.1, -0.05) is 31.5 Å². The van der Waals surface area contributed by atoms with Gasteiger partial charge in [0.05, 0.1) is 6.61 Å². The molecule has 0 atom stereocenters. The van der Waals surface area contributed by atoms with Gasteiger partial charge >= 0.3 is 0 Å². The number of benzene rings is 1. The first-order valence-electron chi connectivity index (χ1n) is 5.77. The van der Waals surface area contributed by atoms with Gasteiger partial charge in [-0.25, -0.2) is 0 Å². The summed E-state index contributed by atoms with van der Waals surface area (Å²) in [6.45, 7) is 5.93. The van der Waals surface area contributed by atoms with Gasteiger partial charge in [0.1, 0.15) is 0 Å². The minimum Gasteiger partial charge on any atom is -0.384 e. The van der Waals surface area contributed by atoms with Crippen molar-refractivity contribution in [2.75, 3.05) is 19.5 Å². The molecule has 17 heavy (non-hydrogen) atoms. The highest BCUT2D eigenvalue weighted by atomic mass is 35.5. The second kappa shape index (κ2) is 7.98. The molecule has 0 saturated carbocycles. The number of thioether (sulfide) groups is 1. The summed E-state index contributed by atoms with van der Waals surface area (Å²) in [5.74, 6) is 0.950. The van der Waals surface area contributed by atoms with Crippen LogP contribution >= 0.6 is 23.4 Å². The number of methoxy groups -OCH3 is 1. The second-order valence-electron chi connectivity index (χ2n) is 4.13. The Kier molecular flexibility index (Phi) is 6.97. The Morgan fingerprint density at radius 3 is 2.82 bits per heavy atom. The molecule has 1 aromatic rings. The number of hydrogen-bond acceptors (Lipinski definition) is 3. The van der Waals surface area contributed by atoms with E-state index in [1.165, 1.54) is 10.5 Å². The summed E-state index contributed by atoms with van der Waals surface area (Å²) in [6.07, 6.45) is 0. The number of halogens is 1. The van der Waals surface area contributed by atoms with Crippen molar-refractivity contribution in [1.82, 2.24) is 5.32 Å². The average molecular weight is 274 g/mol. The van der Waals surface area contributed by atoms with Crippen LogP contribution in [0.25, 0.3) is 0 Å². The molecule has 0 bridgehead atoms. The maximum atomic E-state index is 6.03. The molecule has 0 aromatic heterocycles. The number of hydrogen-bond donors (Lipinski definition) is 1. The van der Waals surface area contributed by atoms with E-state index in [0.717, 1.165) is 23.9 Å². The summed E-state index contributed by atoms with van der Waals surface area (Å²) < 4.78 is 5.06. The van der Waals surface area contributed by atoms with Crippen molar-refractivity contribution < 1.29 is 4.74 Å². The van der Waals surface area contributed by atoms with Crippen LogP contribution in [-0.2, 0) is 11.3 Å². The summed E-state index contributed by atoms with van der Waals surface area (Å²) >= 11 is 7.82. The lowest BCUT2D eigenvalue weighted by atomic mass is 10.2. The van der Waals surface area contributed by atoms with Crippen LogP contribution in [0.15, 0.2) is 23.1 Å². The largest absolute Gasteiger partial charge is 0.384 e. The summed E-state index contributed by atoms with van der Waals surface area (Å²) in [6, 6.07) is 6.55. The first-order chi connectivity index (χ1) is 8.13. The van der Waals surface area contributed by atoms with E-state index >= 15 is 0 Å². The minimum atomic E-state index is 0.488. The Labute approximate surface area is 113 Å². The van der Waals surface area contributed by atoms with E-state index in [1.54, 1.807) is 18.9 Å². The molecule has 0 fully saturated rings. The van der Waals surface area contributed by atoms with Gasteiger partial charge in [-0.15, -0.1) is 11.8 Å². The van der Waals surface area contributed by atoms with Crippen molar-refractivity contribution in [1.29, 1.82) is 0 Å². The van der Waals surface area contributed by atoms with Crippen LogP contribution < -0.4 is 5.32 Å². The van der Waals surface area contributed by atoms with Gasteiger partial charge in [0.15, 0.2) is 0 Å². The van der Waals surface area contributed by atoms with Crippen LogP contribution in [0.1, 0.15) is 19.4 Å². The fourth-order valence-electron chi connectivity index (χ4n) is 1.36. The zero-order valence-corrected chi connectivity index (χ0v) is 12.2. The van der Waals surface area contributed by atoms with Crippen molar-refractivity contribution in [3.8, 4) is 0 Å². The van der Waals surface area contributed by atoms with E-state index < -0.39 is 0 Å². The zero-order chi connectivity index (χ0) is 12.7. The highest BCUT2D eigenvalue weighted by molar-refractivity contribution is 7.99. The van der Waals surface area contributed by atoms with Crippen LogP contribution in [0.3, 0.4) is 0 Å². The number of ether oxygens (including phenoxy) is 1. The first-order valence-corrected chi connectivity index (χ1v) is 7.13. The minimum absolute atomic E-state index is 0.488. The molecule has 0 aliphatic carbocycles. The van der Waals surface area contributed by atoms with E-state index in [2.05, 4.69) is 25.2 Å². The third-order valence-electron chi connectivity index (χ3n) is 2.27. The molecule has 1 aromatic carbocycles. The van der Waals surface area contributed by atoms with Crippen molar-refractivity contribution in [3.63, 3.8) is 0 Å². The van der Waals surface area contributed by atoms with Crippen molar-refractivity contribution in [2.24, 2.45) is 0 Å². The van der Waals surface area contributed by atoms with Crippen LogP contribution in [0, 0.1) is 0 Å². The molecule has 0 heterocycles. The third-order valence-corrected chi connectivity index (χ3v) is 3.57. The molecule has 0 radical (unpaired) electrons. The molecule has 0 spiro atoms. The Hall–Kier alpha value is -0.220. The molecule has 1 N–H and O–H groups in total. The maximum Gasteiger partial charge on any atom is 0.0556 e. The molecule has 1 rings (SSSR count). The molecule has 0 unspecified atom stereocenters. The third kappa shape index (κ3) is 5.77. The lowest BCUT2D eigenvalue weighted by Gasteiger charge is -2.12. The molecule has 4 heteroatoms. The quantitative estimate of drug-likeness (QED) is 0.606. The van der Waals surface area contributed by atoms with Gasteiger partial charge < -0.3 is 10.1 Å². The maximum absolute atomic E-state index is 6.03. The Bertz CT molecular complexity index is 344. The van der Waals surface area contributed by atoms with Gasteiger partial charge in [-0.05, 0) is 17.7 Å². The fraction of sp³-hybridized carbons (Fsp3) is 0.538. The average Bonchev–Trinajstić information content (AvgIpc) is 2.28. The van der Waals surface area contributed by atoms with E-state index in [4.69, 9.17) is 16.3 Å². The summed E-state index contributed by atoms with van der Waals surface area (Å²) in [7, 11) is 1.72. The van der Waals surface area contributed by atoms with E-state index in [9.17, 15) is 0 Å². The highest BCUT2D eigenvalue weighted by Gasteiger charge is 2.05. The molecule has 0 aliphatic heterocycles. The second-order valence-corrected chi connectivity index (χ2v) is 5.70. The monoisotopic (exact) mass is 273 g/mol. The molecule has 0 amide bonds. The molecular formula is C13H20ClNOS. The normalized spacial score (nSPS) is 11.1. The topological polar surface area (TPSA) is 21.3 Å². The Morgan fingerprint density at radius 2 is 2.18 bits per heavy atom. The number of nitrogens with one attached hydrogen (secondary N) is 1. The van der Waals surface area contributed by atoms with E-state index in [1.807, 2.05) is 12.1 Å².